The predicted octanol–water partition coefficient (Wildman–Crippen LogP) is 4.37. The smallest absolute Gasteiger partial charge is 0.229 e. The zero-order valence-electron chi connectivity index (χ0n) is 16.4. The lowest BCUT2D eigenvalue weighted by Gasteiger charge is -2.45. The Morgan fingerprint density at radius 1 is 1.11 bits per heavy atom. The van der Waals surface area contributed by atoms with E-state index in [-0.39, 0.29) is 17.2 Å². The van der Waals surface area contributed by atoms with Gasteiger partial charge in [-0.15, -0.1) is 0 Å². The fourth-order valence-electron chi connectivity index (χ4n) is 4.66. The van der Waals surface area contributed by atoms with E-state index in [1.165, 1.54) is 6.42 Å². The molecule has 144 valence electrons. The maximum atomic E-state index is 13.2. The van der Waals surface area contributed by atoms with Crippen LogP contribution in [0.5, 0.6) is 5.75 Å². The zero-order chi connectivity index (χ0) is 18.9. The lowest BCUT2D eigenvalue weighted by atomic mass is 9.73. The molecule has 0 N–H and O–H groups in total. The van der Waals surface area contributed by atoms with Crippen molar-refractivity contribution in [3.63, 3.8) is 0 Å². The number of carbonyl (C=O) groups is 1. The average molecular weight is 367 g/mol. The molecule has 1 atom stereocenters. The molecule has 0 saturated carbocycles. The summed E-state index contributed by atoms with van der Waals surface area (Å²) in [4.78, 5) is 15.3. The molecule has 4 heteroatoms. The summed E-state index contributed by atoms with van der Waals surface area (Å²) in [5.41, 5.74) is 1.37. The van der Waals surface area contributed by atoms with Crippen LogP contribution in [0.3, 0.4) is 0 Å². The molecule has 0 radical (unpaired) electrons. The Bertz CT molecular complexity index is 820. The lowest BCUT2D eigenvalue weighted by Crippen LogP contribution is -2.49. The SMILES string of the molecule is COc1ccc2cc([C@H](C)C(=O)N3CCCC4(CCOCC4)C3)ccc2c1. The van der Waals surface area contributed by atoms with Crippen LogP contribution >= 0.6 is 0 Å². The summed E-state index contributed by atoms with van der Waals surface area (Å²) >= 11 is 0. The summed E-state index contributed by atoms with van der Waals surface area (Å²) in [6.45, 7) is 5.50. The van der Waals surface area contributed by atoms with Crippen molar-refractivity contribution >= 4 is 16.7 Å². The van der Waals surface area contributed by atoms with Gasteiger partial charge in [-0.05, 0) is 66.5 Å². The van der Waals surface area contributed by atoms with Crippen molar-refractivity contribution in [1.29, 1.82) is 0 Å². The number of hydrogen-bond acceptors (Lipinski definition) is 3. The van der Waals surface area contributed by atoms with E-state index in [2.05, 4.69) is 29.2 Å². The highest BCUT2D eigenvalue weighted by molar-refractivity contribution is 5.88. The minimum atomic E-state index is -0.119. The Hall–Kier alpha value is -2.07. The predicted molar refractivity (Wildman–Crippen MR) is 107 cm³/mol. The normalized spacial score (nSPS) is 20.6. The Labute approximate surface area is 161 Å². The Kier molecular flexibility index (Phi) is 5.09. The van der Waals surface area contributed by atoms with E-state index < -0.39 is 0 Å². The number of ether oxygens (including phenoxy) is 2. The maximum Gasteiger partial charge on any atom is 0.229 e. The van der Waals surface area contributed by atoms with Crippen molar-refractivity contribution < 1.29 is 14.3 Å². The number of methoxy groups -OCH3 is 1. The molecule has 2 aromatic rings. The van der Waals surface area contributed by atoms with Gasteiger partial charge in [0.15, 0.2) is 0 Å². The highest BCUT2D eigenvalue weighted by atomic mass is 16.5. The van der Waals surface area contributed by atoms with Crippen molar-refractivity contribution in [2.75, 3.05) is 33.4 Å². The lowest BCUT2D eigenvalue weighted by molar-refractivity contribution is -0.138. The number of benzene rings is 2. The molecule has 0 bridgehead atoms. The first-order valence-electron chi connectivity index (χ1n) is 10.0. The highest BCUT2D eigenvalue weighted by Gasteiger charge is 2.39. The van der Waals surface area contributed by atoms with E-state index in [0.29, 0.717) is 0 Å². The van der Waals surface area contributed by atoms with Gasteiger partial charge < -0.3 is 14.4 Å². The van der Waals surface area contributed by atoms with Crippen LogP contribution in [0.2, 0.25) is 0 Å². The summed E-state index contributed by atoms with van der Waals surface area (Å²) in [5.74, 6) is 0.995. The second-order valence-electron chi connectivity index (χ2n) is 8.17. The molecular formula is C23H29NO3. The standard InChI is InChI=1S/C23H29NO3/c1-17(18-4-5-20-15-21(26-2)7-6-19(20)14-18)22(25)24-11-3-8-23(16-24)9-12-27-13-10-23/h4-7,14-15,17H,3,8-13,16H2,1-2H3/t17-/m0/s1. The first-order valence-corrected chi connectivity index (χ1v) is 10.0. The molecule has 1 spiro atoms. The Balaban J connectivity index is 1.52. The van der Waals surface area contributed by atoms with Gasteiger partial charge in [0.2, 0.25) is 5.91 Å². The molecule has 2 aromatic carbocycles. The third kappa shape index (κ3) is 3.68. The van der Waals surface area contributed by atoms with Gasteiger partial charge in [-0.2, -0.15) is 0 Å². The van der Waals surface area contributed by atoms with Gasteiger partial charge in [-0.3, -0.25) is 4.79 Å². The van der Waals surface area contributed by atoms with E-state index in [9.17, 15) is 4.79 Å². The second-order valence-corrected chi connectivity index (χ2v) is 8.17. The minimum absolute atomic E-state index is 0.119. The van der Waals surface area contributed by atoms with Gasteiger partial charge >= 0.3 is 0 Å². The van der Waals surface area contributed by atoms with Crippen molar-refractivity contribution in [1.82, 2.24) is 4.90 Å². The number of carbonyl (C=O) groups excluding carboxylic acids is 1. The molecule has 4 nitrogen and oxygen atoms in total. The van der Waals surface area contributed by atoms with E-state index in [1.54, 1.807) is 7.11 Å². The molecule has 0 aliphatic carbocycles. The molecule has 2 heterocycles. The van der Waals surface area contributed by atoms with Crippen LogP contribution in [0.15, 0.2) is 36.4 Å². The van der Waals surface area contributed by atoms with Gasteiger partial charge in [-0.1, -0.05) is 24.3 Å². The van der Waals surface area contributed by atoms with E-state index in [1.807, 2.05) is 19.1 Å². The van der Waals surface area contributed by atoms with Crippen LogP contribution in [0, 0.1) is 5.41 Å². The monoisotopic (exact) mass is 367 g/mol. The molecule has 0 unspecified atom stereocenters. The number of amides is 1. The van der Waals surface area contributed by atoms with E-state index in [4.69, 9.17) is 9.47 Å². The third-order valence-electron chi connectivity index (χ3n) is 6.47. The Morgan fingerprint density at radius 3 is 2.63 bits per heavy atom. The largest absolute Gasteiger partial charge is 0.497 e. The average Bonchev–Trinajstić information content (AvgIpc) is 2.72. The number of rotatable bonds is 3. The summed E-state index contributed by atoms with van der Waals surface area (Å²) in [5, 5.41) is 2.28. The van der Waals surface area contributed by atoms with Gasteiger partial charge in [0, 0.05) is 26.3 Å². The number of likely N-dealkylation sites (tertiary alicyclic amines) is 1. The number of hydrogen-bond donors (Lipinski definition) is 0. The molecular weight excluding hydrogens is 338 g/mol. The summed E-state index contributed by atoms with van der Waals surface area (Å²) in [7, 11) is 1.68. The zero-order valence-corrected chi connectivity index (χ0v) is 16.4. The summed E-state index contributed by atoms with van der Waals surface area (Å²) in [6, 6.07) is 12.4. The number of nitrogens with zero attached hydrogens (tertiary/aromatic N) is 1. The fourth-order valence-corrected chi connectivity index (χ4v) is 4.66. The van der Waals surface area contributed by atoms with Crippen LogP contribution in [0.1, 0.15) is 44.1 Å². The quantitative estimate of drug-likeness (QED) is 0.808. The number of piperidine rings is 1. The first-order chi connectivity index (χ1) is 13.1. The minimum Gasteiger partial charge on any atom is -0.497 e. The van der Waals surface area contributed by atoms with Gasteiger partial charge in [-0.25, -0.2) is 0 Å². The van der Waals surface area contributed by atoms with E-state index >= 15 is 0 Å². The fraction of sp³-hybridized carbons (Fsp3) is 0.522. The molecule has 2 aliphatic rings. The molecule has 27 heavy (non-hydrogen) atoms. The molecule has 1 amide bonds. The van der Waals surface area contributed by atoms with Crippen LogP contribution in [0.25, 0.3) is 10.8 Å². The van der Waals surface area contributed by atoms with Crippen molar-refractivity contribution in [2.45, 2.75) is 38.5 Å². The van der Waals surface area contributed by atoms with Crippen molar-refractivity contribution in [3.05, 3.63) is 42.0 Å². The second kappa shape index (κ2) is 7.51. The van der Waals surface area contributed by atoms with Crippen molar-refractivity contribution in [3.8, 4) is 5.75 Å². The molecule has 4 rings (SSSR count). The number of fused-ring (bicyclic) bond motifs is 1. The van der Waals surface area contributed by atoms with Crippen molar-refractivity contribution in [2.24, 2.45) is 5.41 Å². The van der Waals surface area contributed by atoms with Crippen LogP contribution in [0.4, 0.5) is 0 Å². The van der Waals surface area contributed by atoms with Gasteiger partial charge in [0.25, 0.3) is 0 Å². The molecule has 2 fully saturated rings. The highest BCUT2D eigenvalue weighted by Crippen LogP contribution is 2.40. The first kappa shape index (κ1) is 18.3. The molecule has 2 saturated heterocycles. The third-order valence-corrected chi connectivity index (χ3v) is 6.47. The Morgan fingerprint density at radius 2 is 1.85 bits per heavy atom. The van der Waals surface area contributed by atoms with Crippen LogP contribution in [-0.4, -0.2) is 44.2 Å². The van der Waals surface area contributed by atoms with Crippen LogP contribution < -0.4 is 4.74 Å². The topological polar surface area (TPSA) is 38.8 Å². The molecule has 0 aromatic heterocycles. The van der Waals surface area contributed by atoms with E-state index in [0.717, 1.165) is 67.7 Å². The summed E-state index contributed by atoms with van der Waals surface area (Å²) < 4.78 is 10.9. The van der Waals surface area contributed by atoms with Crippen LogP contribution in [-0.2, 0) is 9.53 Å². The van der Waals surface area contributed by atoms with Gasteiger partial charge in [0.1, 0.15) is 5.75 Å². The summed E-state index contributed by atoms with van der Waals surface area (Å²) in [6.07, 6.45) is 4.51. The maximum absolute atomic E-state index is 13.2. The van der Waals surface area contributed by atoms with Gasteiger partial charge in [0.05, 0.1) is 13.0 Å². The molecule has 2 aliphatic heterocycles.